The normalized spacial score (nSPS) is 16.8. The number of hydrogen-bond acceptors (Lipinski definition) is 4. The van der Waals surface area contributed by atoms with E-state index in [1.54, 1.807) is 12.1 Å². The molecule has 0 unspecified atom stereocenters. The molecule has 4 nitrogen and oxygen atoms in total. The molecule has 0 atom stereocenters. The quantitative estimate of drug-likeness (QED) is 0.708. The Morgan fingerprint density at radius 2 is 1.65 bits per heavy atom. The van der Waals surface area contributed by atoms with Gasteiger partial charge in [0.05, 0.1) is 0 Å². The van der Waals surface area contributed by atoms with Gasteiger partial charge < -0.3 is 20.1 Å². The highest BCUT2D eigenvalue weighted by Crippen LogP contribution is 2.49. The maximum absolute atomic E-state index is 10.3. The summed E-state index contributed by atoms with van der Waals surface area (Å²) in [5.41, 5.74) is 1.86. The molecule has 4 heteroatoms. The Morgan fingerprint density at radius 1 is 0.913 bits per heavy atom. The average molecular weight is 310 g/mol. The van der Waals surface area contributed by atoms with Crippen molar-refractivity contribution >= 4 is 12.2 Å². The number of aromatic hydroxyl groups is 3. The van der Waals surface area contributed by atoms with Gasteiger partial charge in [-0.1, -0.05) is 31.6 Å². The van der Waals surface area contributed by atoms with E-state index in [0.717, 1.165) is 29.2 Å². The van der Waals surface area contributed by atoms with E-state index in [1.807, 2.05) is 6.07 Å². The smallest absolute Gasteiger partial charge is 0.201 e. The second-order valence-electron chi connectivity index (χ2n) is 6.26. The molecule has 0 saturated heterocycles. The van der Waals surface area contributed by atoms with Gasteiger partial charge in [-0.2, -0.15) is 0 Å². The monoisotopic (exact) mass is 310 g/mol. The largest absolute Gasteiger partial charge is 0.504 e. The van der Waals surface area contributed by atoms with Crippen molar-refractivity contribution in [1.29, 1.82) is 0 Å². The second-order valence-corrected chi connectivity index (χ2v) is 6.26. The molecule has 0 bridgehead atoms. The number of phenolic OH excluding ortho intramolecular Hbond substituents is 3. The van der Waals surface area contributed by atoms with Gasteiger partial charge in [0.15, 0.2) is 23.0 Å². The van der Waals surface area contributed by atoms with Gasteiger partial charge in [0.1, 0.15) is 0 Å². The molecule has 1 fully saturated rings. The van der Waals surface area contributed by atoms with Crippen LogP contribution in [0.2, 0.25) is 0 Å². The first kappa shape index (κ1) is 14.0. The van der Waals surface area contributed by atoms with Crippen LogP contribution < -0.4 is 15.2 Å². The van der Waals surface area contributed by atoms with E-state index < -0.39 is 0 Å². The molecule has 118 valence electrons. The Morgan fingerprint density at radius 3 is 2.39 bits per heavy atom. The standard InChI is InChI=1S/C19H18O4/c1-10-6-7-12-15(11-4-2-3-5-11)13-8-9-14(20)17(22)19(13)23-18(12)16(10)21/h6-9,11,20-22H,1-5H2. The fourth-order valence-electron chi connectivity index (χ4n) is 3.70. The molecule has 4 rings (SSSR count). The van der Waals surface area contributed by atoms with E-state index in [-0.39, 0.29) is 23.0 Å². The number of fused-ring (bicyclic) bond motifs is 2. The number of benzene rings is 2. The van der Waals surface area contributed by atoms with Gasteiger partial charge in [-0.3, -0.25) is 0 Å². The topological polar surface area (TPSA) is 69.9 Å². The molecular weight excluding hydrogens is 292 g/mol. The zero-order valence-corrected chi connectivity index (χ0v) is 12.7. The highest BCUT2D eigenvalue weighted by molar-refractivity contribution is 5.80. The van der Waals surface area contributed by atoms with Gasteiger partial charge in [-0.15, -0.1) is 0 Å². The van der Waals surface area contributed by atoms with Crippen LogP contribution in [0.25, 0.3) is 12.2 Å². The van der Waals surface area contributed by atoms with Crippen molar-refractivity contribution in [3.05, 3.63) is 40.3 Å². The highest BCUT2D eigenvalue weighted by Gasteiger charge is 2.30. The molecule has 1 aliphatic carbocycles. The number of ether oxygens (including phenoxy) is 1. The van der Waals surface area contributed by atoms with Crippen LogP contribution >= 0.6 is 0 Å². The van der Waals surface area contributed by atoms with Crippen LogP contribution in [0.15, 0.2) is 24.3 Å². The number of phenols is 3. The summed E-state index contributed by atoms with van der Waals surface area (Å²) in [6.45, 7) is 3.80. The molecule has 2 aliphatic rings. The van der Waals surface area contributed by atoms with Crippen molar-refractivity contribution in [1.82, 2.24) is 0 Å². The molecule has 23 heavy (non-hydrogen) atoms. The van der Waals surface area contributed by atoms with Crippen LogP contribution in [-0.4, -0.2) is 15.3 Å². The van der Waals surface area contributed by atoms with Crippen molar-refractivity contribution in [2.45, 2.75) is 25.7 Å². The molecule has 0 radical (unpaired) electrons. The van der Waals surface area contributed by atoms with Crippen molar-refractivity contribution in [2.24, 2.45) is 5.92 Å². The minimum absolute atomic E-state index is 0.0219. The Bertz CT molecular complexity index is 908. The number of hydrogen-bond donors (Lipinski definition) is 3. The summed E-state index contributed by atoms with van der Waals surface area (Å²) in [5, 5.41) is 31.7. The molecule has 1 aliphatic heterocycles. The van der Waals surface area contributed by atoms with E-state index in [2.05, 4.69) is 6.58 Å². The Balaban J connectivity index is 2.10. The maximum Gasteiger partial charge on any atom is 0.201 e. The Labute approximate surface area is 133 Å². The van der Waals surface area contributed by atoms with Crippen LogP contribution in [0.1, 0.15) is 31.2 Å². The molecule has 2 aromatic rings. The lowest BCUT2D eigenvalue weighted by atomic mass is 9.86. The zero-order valence-electron chi connectivity index (χ0n) is 12.7. The molecule has 0 aromatic heterocycles. The van der Waals surface area contributed by atoms with Crippen molar-refractivity contribution in [3.8, 4) is 28.7 Å². The van der Waals surface area contributed by atoms with Gasteiger partial charge in [0.2, 0.25) is 5.75 Å². The van der Waals surface area contributed by atoms with Crippen LogP contribution in [0.4, 0.5) is 0 Å². The fraction of sp³-hybridized carbons (Fsp3) is 0.263. The second kappa shape index (κ2) is 4.95. The van der Waals surface area contributed by atoms with Gasteiger partial charge in [-0.05, 0) is 36.5 Å². The Hall–Kier alpha value is -2.62. The van der Waals surface area contributed by atoms with E-state index >= 15 is 0 Å². The highest BCUT2D eigenvalue weighted by atomic mass is 16.5. The number of rotatable bonds is 1. The molecule has 0 spiro atoms. The van der Waals surface area contributed by atoms with E-state index in [1.165, 1.54) is 18.9 Å². The Kier molecular flexibility index (Phi) is 3.01. The predicted octanol–water partition coefficient (Wildman–Crippen LogP) is 2.71. The summed E-state index contributed by atoms with van der Waals surface area (Å²) in [6, 6.07) is 6.94. The first-order valence-corrected chi connectivity index (χ1v) is 7.86. The third-order valence-electron chi connectivity index (χ3n) is 4.87. The van der Waals surface area contributed by atoms with Crippen LogP contribution in [-0.2, 0) is 0 Å². The fourth-order valence-corrected chi connectivity index (χ4v) is 3.70. The summed E-state index contributed by atoms with van der Waals surface area (Å²) in [4.78, 5) is 0. The summed E-state index contributed by atoms with van der Waals surface area (Å²) in [7, 11) is 0. The average Bonchev–Trinajstić information content (AvgIpc) is 3.07. The third-order valence-corrected chi connectivity index (χ3v) is 4.87. The van der Waals surface area contributed by atoms with E-state index in [0.29, 0.717) is 16.9 Å². The van der Waals surface area contributed by atoms with Crippen molar-refractivity contribution in [2.75, 3.05) is 0 Å². The van der Waals surface area contributed by atoms with Crippen LogP contribution in [0, 0.1) is 5.92 Å². The van der Waals surface area contributed by atoms with Gasteiger partial charge in [0.25, 0.3) is 0 Å². The zero-order chi connectivity index (χ0) is 16.1. The van der Waals surface area contributed by atoms with Gasteiger partial charge >= 0.3 is 0 Å². The van der Waals surface area contributed by atoms with Gasteiger partial charge in [0, 0.05) is 16.0 Å². The lowest BCUT2D eigenvalue weighted by Crippen LogP contribution is -2.22. The summed E-state index contributed by atoms with van der Waals surface area (Å²) in [6.07, 6.45) is 4.48. The predicted molar refractivity (Wildman–Crippen MR) is 87.2 cm³/mol. The van der Waals surface area contributed by atoms with Crippen molar-refractivity contribution in [3.63, 3.8) is 0 Å². The molecule has 1 saturated carbocycles. The van der Waals surface area contributed by atoms with Crippen LogP contribution in [0.3, 0.4) is 0 Å². The lowest BCUT2D eigenvalue weighted by Gasteiger charge is -2.25. The molecule has 0 amide bonds. The minimum Gasteiger partial charge on any atom is -0.504 e. The maximum atomic E-state index is 10.3. The van der Waals surface area contributed by atoms with Gasteiger partial charge in [-0.25, -0.2) is 0 Å². The minimum atomic E-state index is -0.294. The van der Waals surface area contributed by atoms with E-state index in [9.17, 15) is 15.3 Å². The van der Waals surface area contributed by atoms with Crippen LogP contribution in [0.5, 0.6) is 28.7 Å². The van der Waals surface area contributed by atoms with Crippen molar-refractivity contribution < 1.29 is 20.1 Å². The molecular formula is C19H18O4. The van der Waals surface area contributed by atoms with E-state index in [4.69, 9.17) is 4.74 Å². The lowest BCUT2D eigenvalue weighted by molar-refractivity contribution is 0.356. The third kappa shape index (κ3) is 1.98. The molecule has 1 heterocycles. The summed E-state index contributed by atoms with van der Waals surface area (Å²) < 4.78 is 5.77. The first-order chi connectivity index (χ1) is 11.1. The molecule has 3 N–H and O–H groups in total. The SMILES string of the molecule is C=c1ccc2c(c1O)Oc1c(ccc(O)c1O)C=2C1CCCC1. The molecule has 2 aromatic carbocycles. The summed E-state index contributed by atoms with van der Waals surface area (Å²) >= 11 is 0. The first-order valence-electron chi connectivity index (χ1n) is 7.86. The summed E-state index contributed by atoms with van der Waals surface area (Å²) in [5.74, 6) is 0.329.